The van der Waals surface area contributed by atoms with Gasteiger partial charge in [0.1, 0.15) is 6.26 Å². The van der Waals surface area contributed by atoms with Crippen LogP contribution in [0.4, 0.5) is 28.4 Å². The summed E-state index contributed by atoms with van der Waals surface area (Å²) in [5, 5.41) is 11.7. The number of oxazole rings is 1. The third kappa shape index (κ3) is 4.39. The summed E-state index contributed by atoms with van der Waals surface area (Å²) < 4.78 is 45.5. The van der Waals surface area contributed by atoms with Crippen molar-refractivity contribution in [1.29, 1.82) is 5.26 Å². The van der Waals surface area contributed by atoms with E-state index in [9.17, 15) is 32.8 Å². The fourth-order valence-electron chi connectivity index (χ4n) is 4.59. The van der Waals surface area contributed by atoms with Gasteiger partial charge in [0, 0.05) is 17.7 Å². The first-order valence-electron chi connectivity index (χ1n) is 11.4. The monoisotopic (exact) mass is 521 g/mol. The van der Waals surface area contributed by atoms with E-state index in [-0.39, 0.29) is 48.0 Å². The van der Waals surface area contributed by atoms with E-state index in [1.807, 2.05) is 6.07 Å². The number of benzene rings is 2. The maximum absolute atomic E-state index is 13.9. The number of halogens is 3. The van der Waals surface area contributed by atoms with Crippen molar-refractivity contribution in [2.24, 2.45) is 0 Å². The molecule has 2 aromatic carbocycles. The number of hydrogen-bond acceptors (Lipinski definition) is 6. The van der Waals surface area contributed by atoms with Crippen LogP contribution in [0, 0.1) is 11.3 Å². The van der Waals surface area contributed by atoms with Gasteiger partial charge >= 0.3 is 18.2 Å². The first-order valence-corrected chi connectivity index (χ1v) is 11.4. The van der Waals surface area contributed by atoms with Crippen LogP contribution in [0.25, 0.3) is 0 Å². The summed E-state index contributed by atoms with van der Waals surface area (Å²) in [4.78, 5) is 46.2. The lowest BCUT2D eigenvalue weighted by molar-refractivity contribution is -0.137. The molecule has 5 rings (SSSR count). The number of imide groups is 1. The number of aromatic nitrogens is 1. The van der Waals surface area contributed by atoms with E-state index >= 15 is 0 Å². The largest absolute Gasteiger partial charge is 0.447 e. The molecule has 192 valence electrons. The second-order valence-electron chi connectivity index (χ2n) is 8.54. The topological polar surface area (TPSA) is 120 Å². The highest BCUT2D eigenvalue weighted by Gasteiger charge is 2.48. The van der Waals surface area contributed by atoms with Crippen molar-refractivity contribution < 1.29 is 32.0 Å². The zero-order valence-corrected chi connectivity index (χ0v) is 19.5. The predicted octanol–water partition coefficient (Wildman–Crippen LogP) is 5.08. The van der Waals surface area contributed by atoms with E-state index in [1.165, 1.54) is 42.8 Å². The summed E-state index contributed by atoms with van der Waals surface area (Å²) in [7, 11) is 0. The molecule has 0 bridgehead atoms. The molecule has 38 heavy (non-hydrogen) atoms. The van der Waals surface area contributed by atoms with Crippen LogP contribution in [0.3, 0.4) is 0 Å². The lowest BCUT2D eigenvalue weighted by Gasteiger charge is -2.41. The number of ketones is 1. The van der Waals surface area contributed by atoms with Crippen molar-refractivity contribution in [3.63, 3.8) is 0 Å². The first-order chi connectivity index (χ1) is 18.2. The van der Waals surface area contributed by atoms with Gasteiger partial charge in [-0.2, -0.15) is 18.4 Å². The second kappa shape index (κ2) is 9.51. The molecule has 2 heterocycles. The SMILES string of the molecule is N#Cc1ccc(C2C3=C(CCC3=O)N(c3cccc(C(F)(F)F)c3)C(=O)N2C(=O)NCc2ncco2)cc1. The van der Waals surface area contributed by atoms with E-state index in [2.05, 4.69) is 10.3 Å². The molecule has 3 aromatic rings. The molecule has 1 N–H and O–H groups in total. The van der Waals surface area contributed by atoms with Crippen molar-refractivity contribution in [3.05, 3.63) is 94.8 Å². The lowest BCUT2D eigenvalue weighted by Crippen LogP contribution is -2.55. The molecule has 0 saturated carbocycles. The number of Topliss-reactive ketones (excluding diaryl/α,β-unsaturated/α-hetero) is 1. The number of carbonyl (C=O) groups excluding carboxylic acids is 3. The van der Waals surface area contributed by atoms with Gasteiger partial charge in [-0.05, 0) is 42.3 Å². The van der Waals surface area contributed by atoms with Crippen molar-refractivity contribution in [2.45, 2.75) is 31.6 Å². The minimum atomic E-state index is -4.67. The molecular formula is C26H18F3N5O4. The number of anilines is 1. The summed E-state index contributed by atoms with van der Waals surface area (Å²) in [6.45, 7) is -0.181. The van der Waals surface area contributed by atoms with Gasteiger partial charge in [-0.25, -0.2) is 19.5 Å². The molecule has 9 nitrogen and oxygen atoms in total. The molecule has 1 aliphatic heterocycles. The number of alkyl halides is 3. The van der Waals surface area contributed by atoms with Crippen molar-refractivity contribution in [1.82, 2.24) is 15.2 Å². The lowest BCUT2D eigenvalue weighted by atomic mass is 9.92. The van der Waals surface area contributed by atoms with Crippen LogP contribution in [-0.2, 0) is 17.5 Å². The molecule has 0 saturated heterocycles. The highest BCUT2D eigenvalue weighted by molar-refractivity contribution is 6.12. The Balaban J connectivity index is 1.64. The summed E-state index contributed by atoms with van der Waals surface area (Å²) >= 11 is 0. The molecule has 1 aliphatic carbocycles. The molecule has 0 spiro atoms. The smallest absolute Gasteiger partial charge is 0.416 e. The molecular weight excluding hydrogens is 503 g/mol. The van der Waals surface area contributed by atoms with Crippen LogP contribution in [-0.4, -0.2) is 27.7 Å². The van der Waals surface area contributed by atoms with E-state index in [4.69, 9.17) is 4.42 Å². The fraction of sp³-hybridized carbons (Fsp3) is 0.192. The molecule has 1 aromatic heterocycles. The number of urea groups is 2. The molecule has 1 unspecified atom stereocenters. The Morgan fingerprint density at radius 2 is 1.92 bits per heavy atom. The normalized spacial score (nSPS) is 17.5. The van der Waals surface area contributed by atoms with Gasteiger partial charge in [-0.1, -0.05) is 18.2 Å². The molecule has 4 amide bonds. The van der Waals surface area contributed by atoms with Crippen LogP contribution in [0.1, 0.15) is 41.5 Å². The average Bonchev–Trinajstić information content (AvgIpc) is 3.56. The number of nitrogens with one attached hydrogen (secondary N) is 1. The van der Waals surface area contributed by atoms with Gasteiger partial charge in [0.15, 0.2) is 5.78 Å². The molecule has 0 radical (unpaired) electrons. The third-order valence-electron chi connectivity index (χ3n) is 6.28. The van der Waals surface area contributed by atoms with Crippen LogP contribution in [0.2, 0.25) is 0 Å². The predicted molar refractivity (Wildman–Crippen MR) is 125 cm³/mol. The summed E-state index contributed by atoms with van der Waals surface area (Å²) in [6.07, 6.45) is -1.87. The van der Waals surface area contributed by atoms with Crippen molar-refractivity contribution in [2.75, 3.05) is 4.90 Å². The minimum absolute atomic E-state index is 0.0198. The van der Waals surface area contributed by atoms with Gasteiger partial charge in [0.25, 0.3) is 0 Å². The number of rotatable bonds is 4. The summed E-state index contributed by atoms with van der Waals surface area (Å²) in [5.74, 6) is -0.186. The number of nitriles is 1. The number of amides is 4. The minimum Gasteiger partial charge on any atom is -0.447 e. The van der Waals surface area contributed by atoms with Crippen LogP contribution in [0.15, 0.2) is 76.7 Å². The summed E-state index contributed by atoms with van der Waals surface area (Å²) in [5.41, 5.74) is -0.0500. The quantitative estimate of drug-likeness (QED) is 0.512. The Morgan fingerprint density at radius 3 is 2.58 bits per heavy atom. The van der Waals surface area contributed by atoms with E-state index in [0.29, 0.717) is 11.1 Å². The van der Waals surface area contributed by atoms with Gasteiger partial charge in [0.05, 0.1) is 41.7 Å². The molecule has 0 fully saturated rings. The van der Waals surface area contributed by atoms with Crippen molar-refractivity contribution >= 4 is 23.5 Å². The number of hydrogen-bond donors (Lipinski definition) is 1. The molecule has 1 atom stereocenters. The zero-order valence-electron chi connectivity index (χ0n) is 19.5. The standard InChI is InChI=1S/C26H18F3N5O4/c27-26(28,29)17-2-1-3-18(12-17)33-19-8-9-20(35)22(19)23(16-6-4-15(13-30)5-7-16)34(25(33)37)24(36)32-14-21-31-10-11-38-21/h1-7,10-12,23H,8-9,14H2,(H,32,36). The van der Waals surface area contributed by atoms with Gasteiger partial charge in [-0.3, -0.25) is 9.69 Å². The highest BCUT2D eigenvalue weighted by Crippen LogP contribution is 2.45. The molecule has 12 heteroatoms. The Bertz CT molecular complexity index is 1490. The second-order valence-corrected chi connectivity index (χ2v) is 8.54. The maximum atomic E-state index is 13.9. The van der Waals surface area contributed by atoms with Gasteiger partial charge < -0.3 is 9.73 Å². The molecule has 2 aliphatic rings. The van der Waals surface area contributed by atoms with Crippen LogP contribution in [0.5, 0.6) is 0 Å². The summed E-state index contributed by atoms with van der Waals surface area (Å²) in [6, 6.07) is 9.14. The average molecular weight is 521 g/mol. The van der Waals surface area contributed by atoms with Gasteiger partial charge in [-0.15, -0.1) is 0 Å². The fourth-order valence-corrected chi connectivity index (χ4v) is 4.59. The Morgan fingerprint density at radius 1 is 1.16 bits per heavy atom. The number of nitrogens with zero attached hydrogens (tertiary/aromatic N) is 4. The highest BCUT2D eigenvalue weighted by atomic mass is 19.4. The maximum Gasteiger partial charge on any atom is 0.416 e. The van der Waals surface area contributed by atoms with Crippen LogP contribution < -0.4 is 10.2 Å². The zero-order chi connectivity index (χ0) is 27.0. The number of allylic oxidation sites excluding steroid dienone is 1. The first kappa shape index (κ1) is 24.8. The van der Waals surface area contributed by atoms with E-state index in [1.54, 1.807) is 0 Å². The number of carbonyl (C=O) groups is 3. The van der Waals surface area contributed by atoms with E-state index in [0.717, 1.165) is 28.0 Å². The van der Waals surface area contributed by atoms with E-state index < -0.39 is 29.8 Å². The van der Waals surface area contributed by atoms with Crippen molar-refractivity contribution in [3.8, 4) is 6.07 Å². The Kier molecular flexibility index (Phi) is 6.20. The Labute approximate surface area is 213 Å². The van der Waals surface area contributed by atoms with Crippen LogP contribution >= 0.6 is 0 Å². The Hall–Kier alpha value is -4.92. The van der Waals surface area contributed by atoms with Gasteiger partial charge in [0.2, 0.25) is 5.89 Å². The third-order valence-corrected chi connectivity index (χ3v) is 6.28.